The second-order valence-corrected chi connectivity index (χ2v) is 5.74. The molecule has 0 saturated carbocycles. The molecule has 1 aromatic rings. The van der Waals surface area contributed by atoms with E-state index < -0.39 is 12.0 Å². The Balaban J connectivity index is 2.66. The van der Waals surface area contributed by atoms with Crippen LogP contribution in [-0.4, -0.2) is 43.1 Å². The lowest BCUT2D eigenvalue weighted by atomic mass is 10.1. The molecule has 6 heteroatoms. The number of thioether (sulfide) groups is 1. The van der Waals surface area contributed by atoms with Crippen molar-refractivity contribution in [2.45, 2.75) is 24.9 Å². The number of benzene rings is 1. The van der Waals surface area contributed by atoms with Gasteiger partial charge in [0.05, 0.1) is 7.11 Å². The minimum atomic E-state index is -0.677. The molecule has 0 fully saturated rings. The van der Waals surface area contributed by atoms with Gasteiger partial charge in [0.25, 0.3) is 5.91 Å². The van der Waals surface area contributed by atoms with E-state index in [1.54, 1.807) is 11.8 Å². The first kappa shape index (κ1) is 17.5. The van der Waals surface area contributed by atoms with Crippen molar-refractivity contribution in [2.75, 3.05) is 19.1 Å². The molecular formula is C15H23N2O3S+. The fourth-order valence-electron chi connectivity index (χ4n) is 1.87. The third kappa shape index (κ3) is 6.18. The van der Waals surface area contributed by atoms with Crippen LogP contribution >= 0.6 is 11.8 Å². The number of amides is 1. The lowest BCUT2D eigenvalue weighted by molar-refractivity contribution is -0.404. The molecule has 0 aliphatic heterocycles. The predicted molar refractivity (Wildman–Crippen MR) is 83.8 cm³/mol. The van der Waals surface area contributed by atoms with Gasteiger partial charge in [-0.25, -0.2) is 4.79 Å². The third-order valence-corrected chi connectivity index (χ3v) is 3.77. The number of carbonyl (C=O) groups excluding carboxylic acids is 2. The van der Waals surface area contributed by atoms with E-state index in [2.05, 4.69) is 11.1 Å². The lowest BCUT2D eigenvalue weighted by Crippen LogP contribution is -2.68. The Labute approximate surface area is 129 Å². The summed E-state index contributed by atoms with van der Waals surface area (Å²) in [7, 11) is 1.32. The van der Waals surface area contributed by atoms with Crippen LogP contribution in [0.1, 0.15) is 12.0 Å². The van der Waals surface area contributed by atoms with E-state index in [0.29, 0.717) is 12.8 Å². The van der Waals surface area contributed by atoms with Crippen molar-refractivity contribution in [1.29, 1.82) is 0 Å². The maximum atomic E-state index is 12.1. The molecule has 4 N–H and O–H groups in total. The van der Waals surface area contributed by atoms with Gasteiger partial charge in [-0.2, -0.15) is 11.8 Å². The quantitative estimate of drug-likeness (QED) is 0.674. The number of nitrogens with one attached hydrogen (secondary N) is 1. The Hall–Kier alpha value is -1.53. The Morgan fingerprint density at radius 3 is 2.57 bits per heavy atom. The summed E-state index contributed by atoms with van der Waals surface area (Å²) in [6, 6.07) is 8.49. The molecule has 0 unspecified atom stereocenters. The molecule has 0 heterocycles. The molecule has 0 aliphatic carbocycles. The van der Waals surface area contributed by atoms with Gasteiger partial charge in [0, 0.05) is 12.8 Å². The molecule has 116 valence electrons. The topological polar surface area (TPSA) is 83.0 Å². The summed E-state index contributed by atoms with van der Waals surface area (Å²) >= 11 is 1.67. The first-order valence-electron chi connectivity index (χ1n) is 6.82. The maximum absolute atomic E-state index is 12.1. The Morgan fingerprint density at radius 2 is 2.00 bits per heavy atom. The average molecular weight is 311 g/mol. The number of rotatable bonds is 8. The van der Waals surface area contributed by atoms with Crippen molar-refractivity contribution in [3.05, 3.63) is 35.9 Å². The number of hydrogen-bond donors (Lipinski definition) is 2. The van der Waals surface area contributed by atoms with Gasteiger partial charge in [-0.05, 0) is 17.6 Å². The zero-order valence-electron chi connectivity index (χ0n) is 12.5. The van der Waals surface area contributed by atoms with E-state index in [1.807, 2.05) is 36.6 Å². The van der Waals surface area contributed by atoms with E-state index in [-0.39, 0.29) is 11.9 Å². The van der Waals surface area contributed by atoms with Gasteiger partial charge in [-0.1, -0.05) is 30.3 Å². The molecule has 0 radical (unpaired) electrons. The van der Waals surface area contributed by atoms with E-state index in [0.717, 1.165) is 11.3 Å². The molecule has 5 nitrogen and oxygen atoms in total. The Kier molecular flexibility index (Phi) is 7.85. The minimum Gasteiger partial charge on any atom is -0.467 e. The molecule has 0 saturated heterocycles. The Morgan fingerprint density at radius 1 is 1.33 bits per heavy atom. The molecule has 1 aromatic carbocycles. The second-order valence-electron chi connectivity index (χ2n) is 4.75. The van der Waals surface area contributed by atoms with Gasteiger partial charge in [-0.15, -0.1) is 0 Å². The van der Waals surface area contributed by atoms with E-state index >= 15 is 0 Å². The largest absolute Gasteiger partial charge is 0.467 e. The molecule has 0 spiro atoms. The lowest BCUT2D eigenvalue weighted by Gasteiger charge is -2.18. The van der Waals surface area contributed by atoms with Crippen LogP contribution in [0.3, 0.4) is 0 Å². The van der Waals surface area contributed by atoms with Gasteiger partial charge in [-0.3, -0.25) is 4.79 Å². The highest BCUT2D eigenvalue weighted by Crippen LogP contribution is 2.05. The molecule has 0 aromatic heterocycles. The van der Waals surface area contributed by atoms with Crippen molar-refractivity contribution >= 4 is 23.6 Å². The van der Waals surface area contributed by atoms with Gasteiger partial charge in [0.15, 0.2) is 6.04 Å². The molecular weight excluding hydrogens is 288 g/mol. The first-order valence-corrected chi connectivity index (χ1v) is 8.22. The van der Waals surface area contributed by atoms with Crippen LogP contribution in [0.15, 0.2) is 30.3 Å². The molecule has 2 atom stereocenters. The van der Waals surface area contributed by atoms with Crippen molar-refractivity contribution in [1.82, 2.24) is 5.32 Å². The normalized spacial score (nSPS) is 13.3. The number of methoxy groups -OCH3 is 1. The fourth-order valence-corrected chi connectivity index (χ4v) is 2.39. The molecule has 1 amide bonds. The van der Waals surface area contributed by atoms with Crippen molar-refractivity contribution in [2.24, 2.45) is 0 Å². The van der Waals surface area contributed by atoms with E-state index in [9.17, 15) is 9.59 Å². The summed E-state index contributed by atoms with van der Waals surface area (Å²) in [5.74, 6) is 0.211. The summed E-state index contributed by atoms with van der Waals surface area (Å²) in [5.41, 5.74) is 4.81. The van der Waals surface area contributed by atoms with Crippen molar-refractivity contribution < 1.29 is 20.1 Å². The molecule has 0 aliphatic rings. The van der Waals surface area contributed by atoms with Crippen LogP contribution in [0.5, 0.6) is 0 Å². The van der Waals surface area contributed by atoms with Crippen LogP contribution in [0.2, 0.25) is 0 Å². The standard InChI is InChI=1S/C15H22N2O3S/c1-20-15(19)13(10-11-6-4-3-5-7-11)17-14(18)12(16)8-9-21-2/h3-7,12-13H,8-10,16H2,1-2H3,(H,17,18)/p+1/t12-,13-/m0/s1. The minimum absolute atomic E-state index is 0.213. The van der Waals surface area contributed by atoms with Gasteiger partial charge in [0.2, 0.25) is 0 Å². The van der Waals surface area contributed by atoms with Crippen LogP contribution in [0.25, 0.3) is 0 Å². The number of ether oxygens (including phenoxy) is 1. The predicted octanol–water partition coefficient (Wildman–Crippen LogP) is 0.251. The van der Waals surface area contributed by atoms with Gasteiger partial charge in [0.1, 0.15) is 6.04 Å². The summed E-state index contributed by atoms with van der Waals surface area (Å²) < 4.78 is 4.77. The van der Waals surface area contributed by atoms with Gasteiger partial charge < -0.3 is 15.8 Å². The highest BCUT2D eigenvalue weighted by Gasteiger charge is 2.26. The molecule has 21 heavy (non-hydrogen) atoms. The summed E-state index contributed by atoms with van der Waals surface area (Å²) in [4.78, 5) is 23.9. The monoisotopic (exact) mass is 311 g/mol. The van der Waals surface area contributed by atoms with Crippen LogP contribution < -0.4 is 11.1 Å². The second kappa shape index (κ2) is 9.41. The molecule has 1 rings (SSSR count). The highest BCUT2D eigenvalue weighted by molar-refractivity contribution is 7.98. The van der Waals surface area contributed by atoms with Crippen LogP contribution in [-0.2, 0) is 20.7 Å². The van der Waals surface area contributed by atoms with Crippen molar-refractivity contribution in [3.8, 4) is 0 Å². The fraction of sp³-hybridized carbons (Fsp3) is 0.467. The smallest absolute Gasteiger partial charge is 0.328 e. The summed E-state index contributed by atoms with van der Waals surface area (Å²) in [6.45, 7) is 0. The first-order chi connectivity index (χ1) is 10.1. The van der Waals surface area contributed by atoms with Crippen LogP contribution in [0, 0.1) is 0 Å². The maximum Gasteiger partial charge on any atom is 0.328 e. The van der Waals surface area contributed by atoms with Crippen LogP contribution in [0.4, 0.5) is 0 Å². The number of hydrogen-bond acceptors (Lipinski definition) is 4. The molecule has 0 bridgehead atoms. The van der Waals surface area contributed by atoms with E-state index in [4.69, 9.17) is 4.74 Å². The number of esters is 1. The Bertz CT molecular complexity index is 453. The zero-order valence-corrected chi connectivity index (χ0v) is 13.3. The summed E-state index contributed by atoms with van der Waals surface area (Å²) in [6.07, 6.45) is 3.08. The SMILES string of the molecule is COC(=O)[C@H](Cc1ccccc1)NC(=O)[C@@H]([NH3+])CCSC. The highest BCUT2D eigenvalue weighted by atomic mass is 32.2. The number of carbonyl (C=O) groups is 2. The summed E-state index contributed by atoms with van der Waals surface area (Å²) in [5, 5.41) is 2.74. The zero-order chi connectivity index (χ0) is 15.7. The average Bonchev–Trinajstić information content (AvgIpc) is 2.51. The third-order valence-electron chi connectivity index (χ3n) is 3.13. The number of quaternary nitrogens is 1. The van der Waals surface area contributed by atoms with Crippen molar-refractivity contribution in [3.63, 3.8) is 0 Å². The van der Waals surface area contributed by atoms with E-state index in [1.165, 1.54) is 7.11 Å². The van der Waals surface area contributed by atoms with Gasteiger partial charge >= 0.3 is 5.97 Å².